The largest absolute Gasteiger partial charge is 0.457 e. The van der Waals surface area contributed by atoms with Gasteiger partial charge in [0.2, 0.25) is 0 Å². The second-order valence-electron chi connectivity index (χ2n) is 7.98. The molecule has 6 unspecified atom stereocenters. The minimum absolute atomic E-state index is 0.0325. The molecule has 0 N–H and O–H groups in total. The van der Waals surface area contributed by atoms with Gasteiger partial charge in [-0.05, 0) is 25.7 Å². The molecule has 0 amide bonds. The van der Waals surface area contributed by atoms with Crippen LogP contribution in [-0.2, 0) is 28.5 Å². The van der Waals surface area contributed by atoms with E-state index in [2.05, 4.69) is 20.8 Å². The Hall–Kier alpha value is -0.690. The Bertz CT molecular complexity index is 443. The van der Waals surface area contributed by atoms with Gasteiger partial charge in [0.15, 0.2) is 6.10 Å². The zero-order chi connectivity index (χ0) is 20.4. The lowest BCUT2D eigenvalue weighted by Gasteiger charge is -2.21. The highest BCUT2D eigenvalue weighted by molar-refractivity contribution is 5.72. The van der Waals surface area contributed by atoms with Gasteiger partial charge in [0.05, 0.1) is 25.2 Å². The van der Waals surface area contributed by atoms with Crippen molar-refractivity contribution in [3.05, 3.63) is 0 Å². The average Bonchev–Trinajstić information content (AvgIpc) is 3.28. The van der Waals surface area contributed by atoms with Crippen LogP contribution in [0.3, 0.4) is 0 Å². The first-order valence-electron chi connectivity index (χ1n) is 11.3. The SMILES string of the molecule is CCCCC(CC)OCOC1COC2C(OC(=O)C(CC)CCCC)COC12. The predicted octanol–water partition coefficient (Wildman–Crippen LogP) is 4.24. The molecule has 28 heavy (non-hydrogen) atoms. The van der Waals surface area contributed by atoms with Crippen LogP contribution in [0.4, 0.5) is 0 Å². The molecule has 0 aliphatic carbocycles. The van der Waals surface area contributed by atoms with Gasteiger partial charge in [0.1, 0.15) is 25.1 Å². The monoisotopic (exact) mass is 400 g/mol. The van der Waals surface area contributed by atoms with E-state index in [9.17, 15) is 4.79 Å². The highest BCUT2D eigenvalue weighted by Crippen LogP contribution is 2.31. The van der Waals surface area contributed by atoms with Crippen molar-refractivity contribution < 1.29 is 28.5 Å². The van der Waals surface area contributed by atoms with Crippen molar-refractivity contribution in [2.24, 2.45) is 5.92 Å². The van der Waals surface area contributed by atoms with Crippen LogP contribution in [0, 0.1) is 5.92 Å². The fourth-order valence-corrected chi connectivity index (χ4v) is 3.92. The van der Waals surface area contributed by atoms with E-state index < -0.39 is 0 Å². The van der Waals surface area contributed by atoms with Crippen molar-refractivity contribution in [2.75, 3.05) is 20.0 Å². The molecule has 2 fully saturated rings. The van der Waals surface area contributed by atoms with E-state index in [0.717, 1.165) is 38.5 Å². The number of ether oxygens (including phenoxy) is 5. The molecule has 2 saturated heterocycles. The van der Waals surface area contributed by atoms with Gasteiger partial charge in [0, 0.05) is 0 Å². The molecule has 0 aromatic carbocycles. The van der Waals surface area contributed by atoms with Crippen LogP contribution in [0.25, 0.3) is 0 Å². The van der Waals surface area contributed by atoms with Crippen molar-refractivity contribution in [1.29, 1.82) is 0 Å². The number of unbranched alkanes of at least 4 members (excludes halogenated alkanes) is 2. The number of hydrogen-bond acceptors (Lipinski definition) is 6. The Labute approximate surface area is 170 Å². The molecule has 6 heteroatoms. The van der Waals surface area contributed by atoms with Gasteiger partial charge in [-0.25, -0.2) is 0 Å². The highest BCUT2D eigenvalue weighted by Gasteiger charge is 2.50. The number of carbonyl (C=O) groups is 1. The highest BCUT2D eigenvalue weighted by atomic mass is 16.7. The van der Waals surface area contributed by atoms with E-state index in [1.165, 1.54) is 12.8 Å². The smallest absolute Gasteiger partial charge is 0.309 e. The first-order chi connectivity index (χ1) is 13.6. The van der Waals surface area contributed by atoms with Crippen LogP contribution in [-0.4, -0.2) is 56.5 Å². The van der Waals surface area contributed by atoms with Crippen molar-refractivity contribution in [3.63, 3.8) is 0 Å². The lowest BCUT2D eigenvalue weighted by Crippen LogP contribution is -2.36. The minimum Gasteiger partial charge on any atom is -0.457 e. The molecule has 6 nitrogen and oxygen atoms in total. The second kappa shape index (κ2) is 12.8. The first-order valence-corrected chi connectivity index (χ1v) is 11.3. The molecule has 6 atom stereocenters. The summed E-state index contributed by atoms with van der Waals surface area (Å²) in [6, 6.07) is 0. The molecule has 0 bridgehead atoms. The van der Waals surface area contributed by atoms with E-state index in [1.54, 1.807) is 0 Å². The summed E-state index contributed by atoms with van der Waals surface area (Å²) in [5.74, 6) is -0.154. The van der Waals surface area contributed by atoms with Crippen molar-refractivity contribution >= 4 is 5.97 Å². The normalized spacial score (nSPS) is 28.9. The van der Waals surface area contributed by atoms with Crippen LogP contribution in [0.1, 0.15) is 79.1 Å². The third kappa shape index (κ3) is 6.68. The number of rotatable bonds is 14. The molecular weight excluding hydrogens is 360 g/mol. The fourth-order valence-electron chi connectivity index (χ4n) is 3.92. The average molecular weight is 401 g/mol. The van der Waals surface area contributed by atoms with Crippen LogP contribution >= 0.6 is 0 Å². The molecule has 2 rings (SSSR count). The number of carbonyl (C=O) groups excluding carboxylic acids is 1. The van der Waals surface area contributed by atoms with E-state index in [0.29, 0.717) is 13.2 Å². The fraction of sp³-hybridized carbons (Fsp3) is 0.955. The van der Waals surface area contributed by atoms with Crippen LogP contribution in [0.2, 0.25) is 0 Å². The van der Waals surface area contributed by atoms with Gasteiger partial charge < -0.3 is 23.7 Å². The molecule has 2 aliphatic heterocycles. The van der Waals surface area contributed by atoms with E-state index >= 15 is 0 Å². The molecule has 0 aromatic heterocycles. The summed E-state index contributed by atoms with van der Waals surface area (Å²) in [6.07, 6.45) is 7.53. The molecule has 0 aromatic rings. The van der Waals surface area contributed by atoms with E-state index in [1.807, 2.05) is 6.92 Å². The Morgan fingerprint density at radius 2 is 1.57 bits per heavy atom. The van der Waals surface area contributed by atoms with Gasteiger partial charge in [-0.1, -0.05) is 53.4 Å². The quantitative estimate of drug-likeness (QED) is 0.321. The summed E-state index contributed by atoms with van der Waals surface area (Å²) in [7, 11) is 0. The lowest BCUT2D eigenvalue weighted by molar-refractivity contribution is -0.160. The Morgan fingerprint density at radius 3 is 2.21 bits per heavy atom. The maximum atomic E-state index is 12.5. The maximum absolute atomic E-state index is 12.5. The molecular formula is C22H40O6. The summed E-state index contributed by atoms with van der Waals surface area (Å²) in [5.41, 5.74) is 0. The van der Waals surface area contributed by atoms with Gasteiger partial charge in [0.25, 0.3) is 0 Å². The topological polar surface area (TPSA) is 63.2 Å². The summed E-state index contributed by atoms with van der Waals surface area (Å²) in [5, 5.41) is 0. The first kappa shape index (κ1) is 23.6. The van der Waals surface area contributed by atoms with Crippen molar-refractivity contribution in [2.45, 2.75) is 110 Å². The standard InChI is InChI=1S/C22H40O6/c1-5-9-11-16(7-3)22(23)28-19-14-25-20-18(13-24-21(19)20)27-15-26-17(8-4)12-10-6-2/h16-21H,5-15H2,1-4H3. The Morgan fingerprint density at radius 1 is 0.929 bits per heavy atom. The summed E-state index contributed by atoms with van der Waals surface area (Å²) in [6.45, 7) is 9.57. The van der Waals surface area contributed by atoms with Crippen LogP contribution in [0.15, 0.2) is 0 Å². The van der Waals surface area contributed by atoms with Gasteiger partial charge >= 0.3 is 5.97 Å². The van der Waals surface area contributed by atoms with Gasteiger partial charge in [-0.3, -0.25) is 4.79 Å². The summed E-state index contributed by atoms with van der Waals surface area (Å²) in [4.78, 5) is 12.5. The Balaban J connectivity index is 1.75. The lowest BCUT2D eigenvalue weighted by atomic mass is 9.99. The van der Waals surface area contributed by atoms with Gasteiger partial charge in [-0.2, -0.15) is 0 Å². The zero-order valence-corrected chi connectivity index (χ0v) is 18.2. The molecule has 0 spiro atoms. The predicted molar refractivity (Wildman–Crippen MR) is 107 cm³/mol. The number of esters is 1. The van der Waals surface area contributed by atoms with Crippen molar-refractivity contribution in [1.82, 2.24) is 0 Å². The molecule has 0 radical (unpaired) electrons. The molecule has 164 valence electrons. The third-order valence-electron chi connectivity index (χ3n) is 5.88. The van der Waals surface area contributed by atoms with Crippen LogP contribution in [0.5, 0.6) is 0 Å². The van der Waals surface area contributed by atoms with E-state index in [4.69, 9.17) is 23.7 Å². The number of hydrogen-bond donors (Lipinski definition) is 0. The molecule has 2 heterocycles. The maximum Gasteiger partial charge on any atom is 0.309 e. The van der Waals surface area contributed by atoms with E-state index in [-0.39, 0.29) is 49.2 Å². The second-order valence-corrected chi connectivity index (χ2v) is 7.98. The van der Waals surface area contributed by atoms with Gasteiger partial charge in [-0.15, -0.1) is 0 Å². The molecule has 0 saturated carbocycles. The molecule has 2 aliphatic rings. The Kier molecular flexibility index (Phi) is 10.8. The zero-order valence-electron chi connectivity index (χ0n) is 18.2. The summed E-state index contributed by atoms with van der Waals surface area (Å²) >= 11 is 0. The summed E-state index contributed by atoms with van der Waals surface area (Å²) < 4.78 is 29.2. The number of fused-ring (bicyclic) bond motifs is 1. The minimum atomic E-state index is -0.337. The van der Waals surface area contributed by atoms with Crippen LogP contribution < -0.4 is 0 Å². The third-order valence-corrected chi connectivity index (χ3v) is 5.88. The van der Waals surface area contributed by atoms with Crippen molar-refractivity contribution in [3.8, 4) is 0 Å².